The predicted octanol–water partition coefficient (Wildman–Crippen LogP) is 2.65. The minimum atomic E-state index is -4.11. The summed E-state index contributed by atoms with van der Waals surface area (Å²) < 4.78 is 37.5. The van der Waals surface area contributed by atoms with E-state index in [1.807, 2.05) is 13.8 Å². The van der Waals surface area contributed by atoms with Gasteiger partial charge in [0.05, 0.1) is 6.54 Å². The van der Waals surface area contributed by atoms with Crippen LogP contribution in [0.4, 0.5) is 13.2 Å². The first-order valence-electron chi connectivity index (χ1n) is 6.29. The molecule has 0 saturated carbocycles. The molecule has 1 fully saturated rings. The molecule has 0 radical (unpaired) electrons. The topological polar surface area (TPSA) is 15.3 Å². The Balaban J connectivity index is 2.65. The third kappa shape index (κ3) is 4.47. The summed E-state index contributed by atoms with van der Waals surface area (Å²) in [5.41, 5.74) is 0.0233. The van der Waals surface area contributed by atoms with Crippen LogP contribution in [0.25, 0.3) is 0 Å². The maximum Gasteiger partial charge on any atom is 0.401 e. The second-order valence-corrected chi connectivity index (χ2v) is 5.39. The summed E-state index contributed by atoms with van der Waals surface area (Å²) in [5, 5.41) is 3.26. The van der Waals surface area contributed by atoms with Crippen LogP contribution >= 0.6 is 0 Å². The molecule has 0 amide bonds. The van der Waals surface area contributed by atoms with Crippen molar-refractivity contribution in [1.82, 2.24) is 10.2 Å². The Hall–Kier alpha value is -0.290. The molecule has 1 aliphatic rings. The average Bonchev–Trinajstić information content (AvgIpc) is 2.64. The molecule has 5 heteroatoms. The molecule has 1 saturated heterocycles. The van der Waals surface area contributed by atoms with Crippen LogP contribution in [-0.4, -0.2) is 43.3 Å². The van der Waals surface area contributed by atoms with Gasteiger partial charge in [0.1, 0.15) is 0 Å². The summed E-state index contributed by atoms with van der Waals surface area (Å²) >= 11 is 0. The van der Waals surface area contributed by atoms with E-state index in [-0.39, 0.29) is 11.5 Å². The van der Waals surface area contributed by atoms with Crippen LogP contribution < -0.4 is 5.32 Å². The Morgan fingerprint density at radius 3 is 2.35 bits per heavy atom. The zero-order chi connectivity index (χ0) is 13.1. The van der Waals surface area contributed by atoms with E-state index in [1.165, 1.54) is 0 Å². The van der Waals surface area contributed by atoms with Gasteiger partial charge in [-0.1, -0.05) is 6.92 Å². The van der Waals surface area contributed by atoms with Crippen molar-refractivity contribution in [3.63, 3.8) is 0 Å². The highest BCUT2D eigenvalue weighted by Crippen LogP contribution is 2.32. The molecule has 1 unspecified atom stereocenters. The quantitative estimate of drug-likeness (QED) is 0.809. The number of halogens is 3. The van der Waals surface area contributed by atoms with Gasteiger partial charge in [-0.15, -0.1) is 0 Å². The van der Waals surface area contributed by atoms with E-state index in [4.69, 9.17) is 0 Å². The first-order valence-corrected chi connectivity index (χ1v) is 6.29. The number of hydrogen-bond acceptors (Lipinski definition) is 2. The average molecular weight is 252 g/mol. The molecule has 1 atom stereocenters. The largest absolute Gasteiger partial charge is 0.401 e. The van der Waals surface area contributed by atoms with Gasteiger partial charge in [0, 0.05) is 19.1 Å². The first-order chi connectivity index (χ1) is 7.78. The number of nitrogens with one attached hydrogen (secondary N) is 1. The third-order valence-corrected chi connectivity index (χ3v) is 3.73. The molecule has 102 valence electrons. The zero-order valence-electron chi connectivity index (χ0n) is 10.9. The molecule has 0 aromatic heterocycles. The van der Waals surface area contributed by atoms with Crippen molar-refractivity contribution >= 4 is 0 Å². The van der Waals surface area contributed by atoms with Gasteiger partial charge in [0.15, 0.2) is 0 Å². The van der Waals surface area contributed by atoms with Crippen molar-refractivity contribution in [2.75, 3.05) is 26.2 Å². The van der Waals surface area contributed by atoms with Crippen molar-refractivity contribution < 1.29 is 13.2 Å². The highest BCUT2D eigenvalue weighted by Gasteiger charge is 2.38. The molecule has 0 aliphatic carbocycles. The Morgan fingerprint density at radius 1 is 1.35 bits per heavy atom. The molecular formula is C12H23F3N2. The molecule has 0 spiro atoms. The number of nitrogens with zero attached hydrogens (tertiary/aromatic N) is 1. The van der Waals surface area contributed by atoms with Gasteiger partial charge in [-0.3, -0.25) is 4.90 Å². The summed E-state index contributed by atoms with van der Waals surface area (Å²) in [6.07, 6.45) is -2.20. The summed E-state index contributed by atoms with van der Waals surface area (Å²) in [6.45, 7) is 7.23. The fourth-order valence-electron chi connectivity index (χ4n) is 2.43. The highest BCUT2D eigenvalue weighted by molar-refractivity contribution is 4.90. The maximum absolute atomic E-state index is 12.5. The third-order valence-electron chi connectivity index (χ3n) is 3.73. The first kappa shape index (κ1) is 14.8. The van der Waals surface area contributed by atoms with E-state index in [0.29, 0.717) is 6.54 Å². The van der Waals surface area contributed by atoms with Crippen LogP contribution in [0.3, 0.4) is 0 Å². The molecule has 1 heterocycles. The summed E-state index contributed by atoms with van der Waals surface area (Å²) in [7, 11) is 0. The van der Waals surface area contributed by atoms with E-state index < -0.39 is 12.7 Å². The van der Waals surface area contributed by atoms with Crippen molar-refractivity contribution in [3.8, 4) is 0 Å². The smallest absolute Gasteiger partial charge is 0.316 e. The van der Waals surface area contributed by atoms with Crippen LogP contribution in [0, 0.1) is 5.41 Å². The lowest BCUT2D eigenvalue weighted by atomic mass is 9.83. The molecule has 1 rings (SSSR count). The molecule has 0 aromatic rings. The van der Waals surface area contributed by atoms with Gasteiger partial charge >= 0.3 is 6.18 Å². The van der Waals surface area contributed by atoms with E-state index in [0.717, 1.165) is 25.9 Å². The van der Waals surface area contributed by atoms with Crippen LogP contribution in [-0.2, 0) is 0 Å². The maximum atomic E-state index is 12.5. The monoisotopic (exact) mass is 252 g/mol. The minimum absolute atomic E-state index is 0.0233. The van der Waals surface area contributed by atoms with Crippen molar-refractivity contribution in [2.45, 2.75) is 45.8 Å². The van der Waals surface area contributed by atoms with Crippen LogP contribution in [0.2, 0.25) is 0 Å². The van der Waals surface area contributed by atoms with E-state index in [9.17, 15) is 13.2 Å². The minimum Gasteiger partial charge on any atom is -0.316 e. The van der Waals surface area contributed by atoms with Crippen molar-refractivity contribution in [2.24, 2.45) is 5.41 Å². The Kier molecular flexibility index (Phi) is 4.84. The fourth-order valence-corrected chi connectivity index (χ4v) is 2.43. The highest BCUT2D eigenvalue weighted by atomic mass is 19.4. The van der Waals surface area contributed by atoms with Crippen molar-refractivity contribution in [3.05, 3.63) is 0 Å². The van der Waals surface area contributed by atoms with Crippen LogP contribution in [0.15, 0.2) is 0 Å². The van der Waals surface area contributed by atoms with E-state index in [2.05, 4.69) is 12.2 Å². The summed E-state index contributed by atoms with van der Waals surface area (Å²) in [6, 6.07) is -0.0688. The normalized spacial score (nSPS) is 26.1. The molecule has 1 N–H and O–H groups in total. The molecule has 0 bridgehead atoms. The Bertz CT molecular complexity index is 232. The van der Waals surface area contributed by atoms with Gasteiger partial charge in [0.2, 0.25) is 0 Å². The molecular weight excluding hydrogens is 229 g/mol. The van der Waals surface area contributed by atoms with Gasteiger partial charge in [-0.25, -0.2) is 0 Å². The lowest BCUT2D eigenvalue weighted by molar-refractivity contribution is -0.153. The van der Waals surface area contributed by atoms with Crippen LogP contribution in [0.5, 0.6) is 0 Å². The van der Waals surface area contributed by atoms with E-state index >= 15 is 0 Å². The second kappa shape index (κ2) is 5.57. The fraction of sp³-hybridized carbons (Fsp3) is 1.00. The Morgan fingerprint density at radius 2 is 2.00 bits per heavy atom. The predicted molar refractivity (Wildman–Crippen MR) is 63.0 cm³/mol. The van der Waals surface area contributed by atoms with Crippen molar-refractivity contribution in [1.29, 1.82) is 0 Å². The molecule has 2 nitrogen and oxygen atoms in total. The standard InChI is InChI=1S/C12H23F3N2/c1-4-11(5-6-16-7-11)8-17(10(2)3)9-12(13,14)15/h10,16H,4-9H2,1-3H3. The van der Waals surface area contributed by atoms with Gasteiger partial charge in [-0.05, 0) is 38.6 Å². The zero-order valence-corrected chi connectivity index (χ0v) is 10.9. The Labute approximate surface area is 102 Å². The summed E-state index contributed by atoms with van der Waals surface area (Å²) in [4.78, 5) is 1.55. The lowest BCUT2D eigenvalue weighted by Gasteiger charge is -2.36. The number of rotatable bonds is 5. The summed E-state index contributed by atoms with van der Waals surface area (Å²) in [5.74, 6) is 0. The van der Waals surface area contributed by atoms with Gasteiger partial charge in [0.25, 0.3) is 0 Å². The van der Waals surface area contributed by atoms with Crippen LogP contribution in [0.1, 0.15) is 33.6 Å². The van der Waals surface area contributed by atoms with Gasteiger partial charge in [-0.2, -0.15) is 13.2 Å². The SMILES string of the molecule is CCC1(CN(CC(F)(F)F)C(C)C)CCNC1. The number of hydrogen-bond donors (Lipinski definition) is 1. The molecule has 17 heavy (non-hydrogen) atoms. The molecule has 0 aromatic carbocycles. The second-order valence-electron chi connectivity index (χ2n) is 5.39. The lowest BCUT2D eigenvalue weighted by Crippen LogP contribution is -2.46. The van der Waals surface area contributed by atoms with E-state index in [1.54, 1.807) is 4.90 Å². The van der Waals surface area contributed by atoms with Gasteiger partial charge < -0.3 is 5.32 Å². The number of alkyl halides is 3. The molecule has 1 aliphatic heterocycles.